The lowest BCUT2D eigenvalue weighted by molar-refractivity contribution is -0.147. The maximum Gasteiger partial charge on any atom is 0.230 e. The van der Waals surface area contributed by atoms with Gasteiger partial charge < -0.3 is 14.8 Å². The normalized spacial score (nSPS) is 23.2. The van der Waals surface area contributed by atoms with Gasteiger partial charge in [0, 0.05) is 50.2 Å². The number of rotatable bonds is 3. The van der Waals surface area contributed by atoms with Crippen molar-refractivity contribution in [2.24, 2.45) is 5.41 Å². The van der Waals surface area contributed by atoms with Crippen molar-refractivity contribution in [3.63, 3.8) is 0 Å². The van der Waals surface area contributed by atoms with E-state index in [4.69, 9.17) is 0 Å². The number of allylic oxidation sites excluding steroid dienone is 1. The molecule has 2 aliphatic heterocycles. The summed E-state index contributed by atoms with van der Waals surface area (Å²) in [6.07, 6.45) is 9.88. The van der Waals surface area contributed by atoms with Crippen LogP contribution < -0.4 is 0 Å². The second-order valence-corrected chi connectivity index (χ2v) is 7.92. The highest BCUT2D eigenvalue weighted by atomic mass is 16.2. The molecular formula is C22H27N3O2. The van der Waals surface area contributed by atoms with E-state index < -0.39 is 5.41 Å². The molecule has 5 heteroatoms. The maximum absolute atomic E-state index is 12.9. The Morgan fingerprint density at radius 1 is 1.26 bits per heavy atom. The van der Waals surface area contributed by atoms with E-state index in [1.54, 1.807) is 4.90 Å². The summed E-state index contributed by atoms with van der Waals surface area (Å²) in [6, 6.07) is 8.18. The van der Waals surface area contributed by atoms with Crippen LogP contribution in [0.3, 0.4) is 0 Å². The third-order valence-electron chi connectivity index (χ3n) is 6.07. The molecular weight excluding hydrogens is 338 g/mol. The largest absolute Gasteiger partial charge is 0.361 e. The monoisotopic (exact) mass is 365 g/mol. The number of nitrogens with zero attached hydrogens (tertiary/aromatic N) is 2. The summed E-state index contributed by atoms with van der Waals surface area (Å²) >= 11 is 0. The Labute approximate surface area is 160 Å². The van der Waals surface area contributed by atoms with Gasteiger partial charge in [-0.05, 0) is 37.3 Å². The molecule has 1 aromatic carbocycles. The fourth-order valence-corrected chi connectivity index (χ4v) is 4.54. The molecule has 0 bridgehead atoms. The van der Waals surface area contributed by atoms with E-state index in [1.165, 1.54) is 10.9 Å². The molecule has 4 rings (SSSR count). The number of aromatic nitrogens is 1. The Morgan fingerprint density at radius 2 is 2.11 bits per heavy atom. The van der Waals surface area contributed by atoms with Crippen molar-refractivity contribution in [2.75, 3.05) is 26.7 Å². The standard InChI is InChI=1S/C22H27N3O2/c1-24-13-5-4-11-22(21(24)27)12-6-14-25(16-22)20(26)10-9-17-15-23-19-8-3-2-7-18(17)19/h2-5,7-8,15,23H,6,9-14,16H2,1H3/t22-/m0/s1. The van der Waals surface area contributed by atoms with Crippen molar-refractivity contribution < 1.29 is 9.59 Å². The zero-order valence-corrected chi connectivity index (χ0v) is 15.9. The number of carbonyl (C=O) groups excluding carboxylic acids is 2. The lowest BCUT2D eigenvalue weighted by Gasteiger charge is -2.42. The number of piperidine rings is 1. The highest BCUT2D eigenvalue weighted by Gasteiger charge is 2.44. The summed E-state index contributed by atoms with van der Waals surface area (Å²) in [6.45, 7) is 1.97. The summed E-state index contributed by atoms with van der Waals surface area (Å²) in [7, 11) is 1.86. The van der Waals surface area contributed by atoms with Crippen molar-refractivity contribution in [3.05, 3.63) is 48.2 Å². The number of hydrogen-bond acceptors (Lipinski definition) is 2. The van der Waals surface area contributed by atoms with Gasteiger partial charge in [0.25, 0.3) is 0 Å². The number of likely N-dealkylation sites (N-methyl/N-ethyl adjacent to an activating group) is 1. The Bertz CT molecular complexity index is 885. The van der Waals surface area contributed by atoms with Gasteiger partial charge in [-0.1, -0.05) is 30.4 Å². The summed E-state index contributed by atoms with van der Waals surface area (Å²) in [5.41, 5.74) is 1.85. The van der Waals surface area contributed by atoms with Crippen LogP contribution in [0.25, 0.3) is 10.9 Å². The molecule has 0 aliphatic carbocycles. The first-order valence-corrected chi connectivity index (χ1v) is 9.82. The van der Waals surface area contributed by atoms with Gasteiger partial charge in [-0.2, -0.15) is 0 Å². The van der Waals surface area contributed by atoms with Gasteiger partial charge in [0.1, 0.15) is 0 Å². The minimum atomic E-state index is -0.434. The van der Waals surface area contributed by atoms with Gasteiger partial charge in [-0.25, -0.2) is 0 Å². The number of fused-ring (bicyclic) bond motifs is 1. The number of likely N-dealkylation sites (tertiary alicyclic amines) is 1. The summed E-state index contributed by atoms with van der Waals surface area (Å²) in [5.74, 6) is 0.338. The van der Waals surface area contributed by atoms with Gasteiger partial charge in [-0.3, -0.25) is 9.59 Å². The van der Waals surface area contributed by atoms with E-state index in [2.05, 4.69) is 29.3 Å². The van der Waals surface area contributed by atoms with Crippen molar-refractivity contribution >= 4 is 22.7 Å². The van der Waals surface area contributed by atoms with Crippen LogP contribution in [0.1, 0.15) is 31.2 Å². The van der Waals surface area contributed by atoms with Crippen LogP contribution in [0.15, 0.2) is 42.6 Å². The molecule has 1 saturated heterocycles. The molecule has 2 aliphatic rings. The third-order valence-corrected chi connectivity index (χ3v) is 6.07. The van der Waals surface area contributed by atoms with Crippen LogP contribution in [-0.4, -0.2) is 53.3 Å². The topological polar surface area (TPSA) is 56.4 Å². The zero-order valence-electron chi connectivity index (χ0n) is 15.9. The minimum absolute atomic E-state index is 0.156. The summed E-state index contributed by atoms with van der Waals surface area (Å²) < 4.78 is 0. The average molecular weight is 365 g/mol. The van der Waals surface area contributed by atoms with Crippen LogP contribution in [0.2, 0.25) is 0 Å². The van der Waals surface area contributed by atoms with Gasteiger partial charge in [0.2, 0.25) is 11.8 Å². The number of benzene rings is 1. The van der Waals surface area contributed by atoms with Crippen LogP contribution in [-0.2, 0) is 16.0 Å². The second-order valence-electron chi connectivity index (χ2n) is 7.92. The predicted octanol–water partition coefficient (Wildman–Crippen LogP) is 3.13. The fraction of sp³-hybridized carbons (Fsp3) is 0.455. The van der Waals surface area contributed by atoms with Gasteiger partial charge in [0.15, 0.2) is 0 Å². The molecule has 1 N–H and O–H groups in total. The molecule has 142 valence electrons. The molecule has 1 fully saturated rings. The van der Waals surface area contributed by atoms with Crippen molar-refractivity contribution in [1.82, 2.24) is 14.8 Å². The van der Waals surface area contributed by atoms with Crippen LogP contribution in [0.4, 0.5) is 0 Å². The quantitative estimate of drug-likeness (QED) is 0.850. The number of H-pyrrole nitrogens is 1. The SMILES string of the molecule is CN1CC=CC[C@@]2(CCCN(C(=O)CCc3c[nH]c4ccccc34)C2)C1=O. The number of aromatic amines is 1. The van der Waals surface area contributed by atoms with E-state index in [1.807, 2.05) is 30.3 Å². The predicted molar refractivity (Wildman–Crippen MR) is 106 cm³/mol. The van der Waals surface area contributed by atoms with E-state index in [-0.39, 0.29) is 11.8 Å². The number of amides is 2. The van der Waals surface area contributed by atoms with E-state index >= 15 is 0 Å². The number of nitrogens with one attached hydrogen (secondary N) is 1. The molecule has 2 aromatic rings. The number of aryl methyl sites for hydroxylation is 1. The van der Waals surface area contributed by atoms with Crippen molar-refractivity contribution in [1.29, 1.82) is 0 Å². The molecule has 27 heavy (non-hydrogen) atoms. The minimum Gasteiger partial charge on any atom is -0.361 e. The Morgan fingerprint density at radius 3 is 3.00 bits per heavy atom. The number of carbonyl (C=O) groups is 2. The first-order valence-electron chi connectivity index (χ1n) is 9.82. The number of para-hydroxylation sites is 1. The molecule has 0 unspecified atom stereocenters. The average Bonchev–Trinajstić information content (AvgIpc) is 3.06. The molecule has 1 aromatic heterocycles. The molecule has 1 atom stereocenters. The first-order chi connectivity index (χ1) is 13.1. The lowest BCUT2D eigenvalue weighted by atomic mass is 9.76. The Balaban J connectivity index is 1.44. The molecule has 2 amide bonds. The Hall–Kier alpha value is -2.56. The van der Waals surface area contributed by atoms with Crippen molar-refractivity contribution in [3.8, 4) is 0 Å². The summed E-state index contributed by atoms with van der Waals surface area (Å²) in [4.78, 5) is 32.8. The molecule has 1 spiro atoms. The molecule has 0 radical (unpaired) electrons. The highest BCUT2D eigenvalue weighted by Crippen LogP contribution is 2.37. The van der Waals surface area contributed by atoms with Crippen LogP contribution in [0.5, 0.6) is 0 Å². The number of hydrogen-bond donors (Lipinski definition) is 1. The van der Waals surface area contributed by atoms with Crippen LogP contribution >= 0.6 is 0 Å². The molecule has 3 heterocycles. The fourth-order valence-electron chi connectivity index (χ4n) is 4.54. The lowest BCUT2D eigenvalue weighted by Crippen LogP contribution is -2.53. The van der Waals surface area contributed by atoms with E-state index in [9.17, 15) is 9.59 Å². The van der Waals surface area contributed by atoms with Crippen molar-refractivity contribution in [2.45, 2.75) is 32.1 Å². The zero-order chi connectivity index (χ0) is 18.9. The summed E-state index contributed by atoms with van der Waals surface area (Å²) in [5, 5.41) is 1.19. The van der Waals surface area contributed by atoms with Gasteiger partial charge in [0.05, 0.1) is 5.41 Å². The second kappa shape index (κ2) is 7.22. The maximum atomic E-state index is 12.9. The first kappa shape index (κ1) is 17.8. The Kier molecular flexibility index (Phi) is 4.77. The van der Waals surface area contributed by atoms with Gasteiger partial charge >= 0.3 is 0 Å². The highest BCUT2D eigenvalue weighted by molar-refractivity contribution is 5.86. The smallest absolute Gasteiger partial charge is 0.230 e. The van der Waals surface area contributed by atoms with Gasteiger partial charge in [-0.15, -0.1) is 0 Å². The molecule has 0 saturated carbocycles. The molecule has 5 nitrogen and oxygen atoms in total. The van der Waals surface area contributed by atoms with E-state index in [0.29, 0.717) is 19.5 Å². The van der Waals surface area contributed by atoms with E-state index in [0.717, 1.165) is 37.7 Å². The van der Waals surface area contributed by atoms with Crippen LogP contribution in [0, 0.1) is 5.41 Å². The third kappa shape index (κ3) is 3.38.